The second kappa shape index (κ2) is 25.0. The normalized spacial score (nSPS) is 11.4. The Morgan fingerprint density at radius 1 is 0.406 bits per heavy atom. The molecule has 0 fully saturated rings. The van der Waals surface area contributed by atoms with Crippen molar-refractivity contribution >= 4 is 11.6 Å². The molecule has 0 spiro atoms. The van der Waals surface area contributed by atoms with Crippen molar-refractivity contribution in [3.05, 3.63) is 0 Å². The average molecular weight is 451 g/mol. The van der Waals surface area contributed by atoms with Crippen LogP contribution in [0.3, 0.4) is 0 Å². The Kier molecular flexibility index (Phi) is 24.5. The maximum Gasteiger partial charge on any atom is 0.143 e. The van der Waals surface area contributed by atoms with Crippen LogP contribution in [0, 0.1) is 5.92 Å². The summed E-state index contributed by atoms with van der Waals surface area (Å²) in [5.74, 6) is -0.0239. The average Bonchev–Trinajstić information content (AvgIpc) is 2.80. The fourth-order valence-electron chi connectivity index (χ4n) is 4.54. The zero-order valence-electron chi connectivity index (χ0n) is 22.4. The van der Waals surface area contributed by atoms with Crippen LogP contribution in [-0.2, 0) is 9.59 Å². The molecule has 0 saturated carbocycles. The topological polar surface area (TPSA) is 34.1 Å². The molecule has 2 heteroatoms. The Morgan fingerprint density at radius 2 is 0.625 bits per heavy atom. The van der Waals surface area contributed by atoms with Crippen LogP contribution in [0.1, 0.15) is 175 Å². The SMILES string of the molecule is CCCCCCCCCCCCCC(=O)C(C)C(=O)CCCCCCCCCCCCC. The Labute approximate surface area is 202 Å². The maximum atomic E-state index is 12.3. The van der Waals surface area contributed by atoms with E-state index in [1.165, 1.54) is 116 Å². The van der Waals surface area contributed by atoms with E-state index < -0.39 is 0 Å². The van der Waals surface area contributed by atoms with Gasteiger partial charge in [0.2, 0.25) is 0 Å². The van der Waals surface area contributed by atoms with Gasteiger partial charge in [-0.3, -0.25) is 9.59 Å². The van der Waals surface area contributed by atoms with E-state index in [0.717, 1.165) is 25.7 Å². The van der Waals surface area contributed by atoms with Crippen molar-refractivity contribution in [2.45, 2.75) is 175 Å². The lowest BCUT2D eigenvalue weighted by Gasteiger charge is -2.10. The molecule has 0 aliphatic heterocycles. The van der Waals surface area contributed by atoms with Crippen LogP contribution in [0.4, 0.5) is 0 Å². The number of carbonyl (C=O) groups excluding carboxylic acids is 2. The van der Waals surface area contributed by atoms with E-state index in [2.05, 4.69) is 13.8 Å². The number of ketones is 2. The first-order valence-electron chi connectivity index (χ1n) is 14.7. The molecule has 2 nitrogen and oxygen atoms in total. The second-order valence-corrected chi connectivity index (χ2v) is 10.2. The zero-order chi connectivity index (χ0) is 23.7. The Hall–Kier alpha value is -0.660. The lowest BCUT2D eigenvalue weighted by Crippen LogP contribution is -2.20. The third kappa shape index (κ3) is 21.2. The summed E-state index contributed by atoms with van der Waals surface area (Å²) in [7, 11) is 0. The van der Waals surface area contributed by atoms with E-state index in [9.17, 15) is 9.59 Å². The molecule has 0 unspecified atom stereocenters. The number of Topliss-reactive ketones (excluding diaryl/α,β-unsaturated/α-hetero) is 2. The summed E-state index contributed by atoms with van der Waals surface area (Å²) in [5, 5.41) is 0. The molecular formula is C30H58O2. The molecule has 0 atom stereocenters. The first-order chi connectivity index (χ1) is 15.6. The number of hydrogen-bond donors (Lipinski definition) is 0. The van der Waals surface area contributed by atoms with Crippen LogP contribution < -0.4 is 0 Å². The molecule has 0 amide bonds. The number of hydrogen-bond acceptors (Lipinski definition) is 2. The van der Waals surface area contributed by atoms with Gasteiger partial charge in [-0.15, -0.1) is 0 Å². The Balaban J connectivity index is 3.48. The largest absolute Gasteiger partial charge is 0.299 e. The van der Waals surface area contributed by atoms with Gasteiger partial charge in [0.25, 0.3) is 0 Å². The molecule has 0 bridgehead atoms. The molecule has 0 radical (unpaired) electrons. The van der Waals surface area contributed by atoms with Crippen molar-refractivity contribution in [1.29, 1.82) is 0 Å². The number of carbonyl (C=O) groups is 2. The van der Waals surface area contributed by atoms with Gasteiger partial charge in [-0.1, -0.05) is 142 Å². The van der Waals surface area contributed by atoms with Crippen LogP contribution in [0.15, 0.2) is 0 Å². The molecule has 0 aromatic carbocycles. The molecule has 0 saturated heterocycles. The minimum atomic E-state index is -0.374. The monoisotopic (exact) mass is 450 g/mol. The molecule has 0 N–H and O–H groups in total. The molecule has 0 heterocycles. The first-order valence-corrected chi connectivity index (χ1v) is 14.7. The summed E-state index contributed by atoms with van der Waals surface area (Å²) in [6.07, 6.45) is 29.7. The highest BCUT2D eigenvalue weighted by Crippen LogP contribution is 2.16. The number of rotatable bonds is 26. The van der Waals surface area contributed by atoms with Crippen molar-refractivity contribution in [3.63, 3.8) is 0 Å². The standard InChI is InChI=1S/C30H58O2/c1-4-6-8-10-12-14-16-18-20-22-24-26-29(31)28(3)30(32)27-25-23-21-19-17-15-13-11-9-7-5-2/h28H,4-27H2,1-3H3. The minimum absolute atomic E-state index is 0.175. The third-order valence-corrected chi connectivity index (χ3v) is 7.02. The highest BCUT2D eigenvalue weighted by atomic mass is 16.1. The van der Waals surface area contributed by atoms with E-state index in [1.54, 1.807) is 0 Å². The molecule has 0 aromatic rings. The van der Waals surface area contributed by atoms with E-state index >= 15 is 0 Å². The van der Waals surface area contributed by atoms with E-state index in [1.807, 2.05) is 6.92 Å². The summed E-state index contributed by atoms with van der Waals surface area (Å²) >= 11 is 0. The maximum absolute atomic E-state index is 12.3. The van der Waals surface area contributed by atoms with E-state index in [-0.39, 0.29) is 17.5 Å². The zero-order valence-corrected chi connectivity index (χ0v) is 22.4. The van der Waals surface area contributed by atoms with Crippen molar-refractivity contribution in [2.75, 3.05) is 0 Å². The van der Waals surface area contributed by atoms with Gasteiger partial charge in [0.15, 0.2) is 0 Å². The van der Waals surface area contributed by atoms with Crippen LogP contribution >= 0.6 is 0 Å². The highest BCUT2D eigenvalue weighted by molar-refractivity contribution is 6.01. The summed E-state index contributed by atoms with van der Waals surface area (Å²) in [6.45, 7) is 6.36. The van der Waals surface area contributed by atoms with Crippen molar-refractivity contribution in [3.8, 4) is 0 Å². The quantitative estimate of drug-likeness (QED) is 0.0969. The van der Waals surface area contributed by atoms with Gasteiger partial charge in [-0.25, -0.2) is 0 Å². The predicted octanol–water partition coefficient (Wildman–Crippen LogP) is 10.2. The van der Waals surface area contributed by atoms with Crippen LogP contribution in [0.25, 0.3) is 0 Å². The lowest BCUT2D eigenvalue weighted by atomic mass is 9.93. The van der Waals surface area contributed by atoms with Gasteiger partial charge >= 0.3 is 0 Å². The Morgan fingerprint density at radius 3 is 0.875 bits per heavy atom. The second-order valence-electron chi connectivity index (χ2n) is 10.2. The van der Waals surface area contributed by atoms with Crippen LogP contribution in [0.2, 0.25) is 0 Å². The fraction of sp³-hybridized carbons (Fsp3) is 0.933. The predicted molar refractivity (Wildman–Crippen MR) is 141 cm³/mol. The van der Waals surface area contributed by atoms with E-state index in [4.69, 9.17) is 0 Å². The van der Waals surface area contributed by atoms with Gasteiger partial charge in [0.05, 0.1) is 5.92 Å². The summed E-state index contributed by atoms with van der Waals surface area (Å²) in [5.41, 5.74) is 0. The van der Waals surface area contributed by atoms with Gasteiger partial charge in [0.1, 0.15) is 11.6 Å². The molecule has 0 aliphatic carbocycles. The smallest absolute Gasteiger partial charge is 0.143 e. The van der Waals surface area contributed by atoms with E-state index in [0.29, 0.717) is 12.8 Å². The summed E-state index contributed by atoms with van der Waals surface area (Å²) in [6, 6.07) is 0. The molecular weight excluding hydrogens is 392 g/mol. The third-order valence-electron chi connectivity index (χ3n) is 7.02. The van der Waals surface area contributed by atoms with Gasteiger partial charge in [-0.05, 0) is 19.8 Å². The summed E-state index contributed by atoms with van der Waals surface area (Å²) < 4.78 is 0. The van der Waals surface area contributed by atoms with Gasteiger partial charge in [-0.2, -0.15) is 0 Å². The fourth-order valence-corrected chi connectivity index (χ4v) is 4.54. The molecule has 0 aliphatic rings. The lowest BCUT2D eigenvalue weighted by molar-refractivity contribution is -0.132. The minimum Gasteiger partial charge on any atom is -0.299 e. The van der Waals surface area contributed by atoms with Gasteiger partial charge in [0, 0.05) is 12.8 Å². The Bertz CT molecular complexity index is 377. The van der Waals surface area contributed by atoms with Crippen LogP contribution in [-0.4, -0.2) is 11.6 Å². The van der Waals surface area contributed by atoms with Crippen molar-refractivity contribution in [2.24, 2.45) is 5.92 Å². The van der Waals surface area contributed by atoms with Crippen molar-refractivity contribution < 1.29 is 9.59 Å². The summed E-state index contributed by atoms with van der Waals surface area (Å²) in [4.78, 5) is 24.7. The molecule has 0 rings (SSSR count). The van der Waals surface area contributed by atoms with Gasteiger partial charge < -0.3 is 0 Å². The van der Waals surface area contributed by atoms with Crippen LogP contribution in [0.5, 0.6) is 0 Å². The first kappa shape index (κ1) is 31.3. The number of unbranched alkanes of at least 4 members (excludes halogenated alkanes) is 20. The highest BCUT2D eigenvalue weighted by Gasteiger charge is 2.19. The van der Waals surface area contributed by atoms with Crippen molar-refractivity contribution in [1.82, 2.24) is 0 Å². The molecule has 190 valence electrons. The molecule has 32 heavy (non-hydrogen) atoms. The molecule has 0 aromatic heterocycles.